The van der Waals surface area contributed by atoms with Gasteiger partial charge in [0, 0.05) is 12.3 Å². The third kappa shape index (κ3) is 6.27. The largest absolute Gasteiger partial charge is 0.379 e. The summed E-state index contributed by atoms with van der Waals surface area (Å²) in [6.45, 7) is 2.16. The molecule has 0 aliphatic rings. The van der Waals surface area contributed by atoms with Gasteiger partial charge in [-0.2, -0.15) is 11.8 Å². The van der Waals surface area contributed by atoms with Crippen LogP contribution in [0.3, 0.4) is 0 Å². The molecule has 0 bridgehead atoms. The van der Waals surface area contributed by atoms with Crippen LogP contribution in [0.4, 0.5) is 0 Å². The molecule has 0 spiro atoms. The molecule has 2 N–H and O–H groups in total. The highest BCUT2D eigenvalue weighted by Crippen LogP contribution is 1.89. The van der Waals surface area contributed by atoms with E-state index in [0.29, 0.717) is 13.2 Å². The molecular weight excluding hydrogens is 122 g/mol. The Labute approximate surface area is 54.8 Å². The molecule has 0 heterocycles. The lowest BCUT2D eigenvalue weighted by Gasteiger charge is -1.97. The molecule has 0 aliphatic heterocycles. The van der Waals surface area contributed by atoms with Crippen LogP contribution in [-0.4, -0.2) is 31.8 Å². The molecule has 50 valence electrons. The standard InChI is InChI=1S/C5H13NOS/c1-8-5-4-7-3-2-6/h2-6H2,1H3. The summed E-state index contributed by atoms with van der Waals surface area (Å²) in [5.74, 6) is 1.07. The summed E-state index contributed by atoms with van der Waals surface area (Å²) in [6, 6.07) is 0. The van der Waals surface area contributed by atoms with Crippen molar-refractivity contribution in [2.24, 2.45) is 5.73 Å². The van der Waals surface area contributed by atoms with Gasteiger partial charge in [-0.1, -0.05) is 0 Å². The maximum atomic E-state index is 5.18. The fraction of sp³-hybridized carbons (Fsp3) is 1.00. The molecule has 0 fully saturated rings. The minimum atomic E-state index is 0.633. The van der Waals surface area contributed by atoms with E-state index in [-0.39, 0.29) is 0 Å². The second kappa shape index (κ2) is 7.27. The van der Waals surface area contributed by atoms with Crippen molar-refractivity contribution in [2.75, 3.05) is 31.8 Å². The molecular formula is C5H13NOS. The van der Waals surface area contributed by atoms with Crippen LogP contribution in [0.2, 0.25) is 0 Å². The molecule has 0 aromatic carbocycles. The molecule has 0 amide bonds. The van der Waals surface area contributed by atoms with E-state index in [1.54, 1.807) is 11.8 Å². The fourth-order valence-corrected chi connectivity index (χ4v) is 0.612. The Kier molecular flexibility index (Phi) is 7.52. The minimum Gasteiger partial charge on any atom is -0.379 e. The lowest BCUT2D eigenvalue weighted by atomic mass is 10.7. The maximum absolute atomic E-state index is 5.18. The Bertz CT molecular complexity index is 37.4. The summed E-state index contributed by atoms with van der Waals surface area (Å²) in [4.78, 5) is 0. The van der Waals surface area contributed by atoms with E-state index in [1.807, 2.05) is 0 Å². The van der Waals surface area contributed by atoms with Crippen molar-refractivity contribution >= 4 is 11.8 Å². The van der Waals surface area contributed by atoms with Gasteiger partial charge in [0.2, 0.25) is 0 Å². The first kappa shape index (κ1) is 8.27. The highest BCUT2D eigenvalue weighted by Gasteiger charge is 1.82. The summed E-state index contributed by atoms with van der Waals surface area (Å²) in [5.41, 5.74) is 5.18. The summed E-state index contributed by atoms with van der Waals surface area (Å²) in [7, 11) is 0. The molecule has 0 aliphatic carbocycles. The van der Waals surface area contributed by atoms with E-state index in [4.69, 9.17) is 10.5 Å². The Hall–Kier alpha value is 0.270. The van der Waals surface area contributed by atoms with Crippen LogP contribution >= 0.6 is 11.8 Å². The van der Waals surface area contributed by atoms with Gasteiger partial charge in [-0.25, -0.2) is 0 Å². The third-order valence-corrected chi connectivity index (χ3v) is 1.27. The van der Waals surface area contributed by atoms with Crippen LogP contribution in [0.25, 0.3) is 0 Å². The SMILES string of the molecule is CSCCOCCN. The van der Waals surface area contributed by atoms with Crippen molar-refractivity contribution in [3.8, 4) is 0 Å². The zero-order valence-electron chi connectivity index (χ0n) is 5.22. The first-order valence-corrected chi connectivity index (χ1v) is 4.08. The zero-order chi connectivity index (χ0) is 6.24. The summed E-state index contributed by atoms with van der Waals surface area (Å²) in [5, 5.41) is 0. The maximum Gasteiger partial charge on any atom is 0.0589 e. The molecule has 0 atom stereocenters. The van der Waals surface area contributed by atoms with Gasteiger partial charge in [0.1, 0.15) is 0 Å². The fourth-order valence-electron chi connectivity index (χ4n) is 0.328. The van der Waals surface area contributed by atoms with Gasteiger partial charge in [-0.05, 0) is 6.26 Å². The first-order chi connectivity index (χ1) is 3.91. The second-order valence-electron chi connectivity index (χ2n) is 1.39. The van der Waals surface area contributed by atoms with Gasteiger partial charge in [-0.3, -0.25) is 0 Å². The third-order valence-electron chi connectivity index (χ3n) is 0.694. The molecule has 0 aromatic rings. The van der Waals surface area contributed by atoms with Crippen LogP contribution in [0.5, 0.6) is 0 Å². The van der Waals surface area contributed by atoms with E-state index in [9.17, 15) is 0 Å². The molecule has 0 saturated carbocycles. The van der Waals surface area contributed by atoms with Gasteiger partial charge in [0.05, 0.1) is 13.2 Å². The highest BCUT2D eigenvalue weighted by molar-refractivity contribution is 7.98. The molecule has 2 nitrogen and oxygen atoms in total. The van der Waals surface area contributed by atoms with E-state index in [1.165, 1.54) is 0 Å². The van der Waals surface area contributed by atoms with Crippen molar-refractivity contribution in [3.63, 3.8) is 0 Å². The van der Waals surface area contributed by atoms with Gasteiger partial charge in [0.25, 0.3) is 0 Å². The van der Waals surface area contributed by atoms with Gasteiger partial charge >= 0.3 is 0 Å². The van der Waals surface area contributed by atoms with Crippen molar-refractivity contribution in [3.05, 3.63) is 0 Å². The smallest absolute Gasteiger partial charge is 0.0589 e. The van der Waals surface area contributed by atoms with Crippen molar-refractivity contribution in [1.29, 1.82) is 0 Å². The van der Waals surface area contributed by atoms with Crippen LogP contribution in [0.1, 0.15) is 0 Å². The number of nitrogens with two attached hydrogens (primary N) is 1. The predicted octanol–water partition coefficient (Wildman–Crippen LogP) is 0.325. The molecule has 0 saturated heterocycles. The summed E-state index contributed by atoms with van der Waals surface area (Å²) in [6.07, 6.45) is 2.06. The second-order valence-corrected chi connectivity index (χ2v) is 2.38. The summed E-state index contributed by atoms with van der Waals surface area (Å²) < 4.78 is 5.08. The zero-order valence-corrected chi connectivity index (χ0v) is 6.04. The van der Waals surface area contributed by atoms with Crippen molar-refractivity contribution in [1.82, 2.24) is 0 Å². The molecule has 8 heavy (non-hydrogen) atoms. The monoisotopic (exact) mass is 135 g/mol. The summed E-state index contributed by atoms with van der Waals surface area (Å²) >= 11 is 1.79. The lowest BCUT2D eigenvalue weighted by molar-refractivity contribution is 0.158. The van der Waals surface area contributed by atoms with Gasteiger partial charge in [0.15, 0.2) is 0 Å². The quantitative estimate of drug-likeness (QED) is 0.552. The van der Waals surface area contributed by atoms with Crippen LogP contribution in [0, 0.1) is 0 Å². The Balaban J connectivity index is 2.53. The number of ether oxygens (including phenoxy) is 1. The lowest BCUT2D eigenvalue weighted by Crippen LogP contribution is -2.09. The Morgan fingerprint density at radius 1 is 1.50 bits per heavy atom. The van der Waals surface area contributed by atoms with Crippen molar-refractivity contribution in [2.45, 2.75) is 0 Å². The Morgan fingerprint density at radius 3 is 2.75 bits per heavy atom. The normalized spacial score (nSPS) is 9.75. The van der Waals surface area contributed by atoms with Crippen LogP contribution in [0.15, 0.2) is 0 Å². The van der Waals surface area contributed by atoms with Crippen LogP contribution < -0.4 is 5.73 Å². The van der Waals surface area contributed by atoms with Crippen molar-refractivity contribution < 1.29 is 4.74 Å². The number of hydrogen-bond donors (Lipinski definition) is 1. The average Bonchev–Trinajstić information content (AvgIpc) is 1.81. The minimum absolute atomic E-state index is 0.633. The van der Waals surface area contributed by atoms with Crippen LogP contribution in [-0.2, 0) is 4.74 Å². The average molecular weight is 135 g/mol. The molecule has 3 heteroatoms. The number of rotatable bonds is 5. The molecule has 0 radical (unpaired) electrons. The topological polar surface area (TPSA) is 35.2 Å². The number of thioether (sulfide) groups is 1. The van der Waals surface area contributed by atoms with E-state index < -0.39 is 0 Å². The molecule has 0 aromatic heterocycles. The number of hydrogen-bond acceptors (Lipinski definition) is 3. The van der Waals surface area contributed by atoms with E-state index in [2.05, 4.69) is 6.26 Å². The first-order valence-electron chi connectivity index (χ1n) is 2.68. The highest BCUT2D eigenvalue weighted by atomic mass is 32.2. The predicted molar refractivity (Wildman–Crippen MR) is 38.3 cm³/mol. The Morgan fingerprint density at radius 2 is 2.25 bits per heavy atom. The molecule has 0 rings (SSSR count). The van der Waals surface area contributed by atoms with E-state index >= 15 is 0 Å². The molecule has 0 unspecified atom stereocenters. The van der Waals surface area contributed by atoms with Gasteiger partial charge in [-0.15, -0.1) is 0 Å². The van der Waals surface area contributed by atoms with Gasteiger partial charge < -0.3 is 10.5 Å². The van der Waals surface area contributed by atoms with E-state index in [0.717, 1.165) is 12.4 Å².